The van der Waals surface area contributed by atoms with Gasteiger partial charge in [0, 0.05) is 17.4 Å². The summed E-state index contributed by atoms with van der Waals surface area (Å²) >= 11 is 8.94. The molecule has 0 radical (unpaired) electrons. The molecule has 0 spiro atoms. The van der Waals surface area contributed by atoms with Crippen LogP contribution >= 0.6 is 34.7 Å². The van der Waals surface area contributed by atoms with Gasteiger partial charge >= 0.3 is 5.97 Å². The topological polar surface area (TPSA) is 52.1 Å². The molecule has 0 amide bonds. The Morgan fingerprint density at radius 1 is 1.33 bits per heavy atom. The third-order valence-electron chi connectivity index (χ3n) is 3.52. The Hall–Kier alpha value is -1.63. The van der Waals surface area contributed by atoms with Gasteiger partial charge in [-0.3, -0.25) is 9.78 Å². The number of aromatic nitrogens is 2. The van der Waals surface area contributed by atoms with E-state index in [1.54, 1.807) is 19.3 Å². The first kappa shape index (κ1) is 17.2. The zero-order chi connectivity index (χ0) is 17.2. The lowest BCUT2D eigenvalue weighted by Crippen LogP contribution is -2.31. The number of hydrogen-bond acceptors (Lipinski definition) is 6. The molecule has 0 aliphatic rings. The van der Waals surface area contributed by atoms with Crippen LogP contribution in [-0.4, -0.2) is 22.5 Å². The van der Waals surface area contributed by atoms with Gasteiger partial charge in [0.2, 0.25) is 0 Å². The summed E-state index contributed by atoms with van der Waals surface area (Å²) in [7, 11) is 0. The summed E-state index contributed by atoms with van der Waals surface area (Å²) in [6.45, 7) is 3.98. The highest BCUT2D eigenvalue weighted by atomic mass is 35.5. The molecule has 2 heterocycles. The van der Waals surface area contributed by atoms with Crippen molar-refractivity contribution in [1.29, 1.82) is 0 Å². The first-order valence-corrected chi connectivity index (χ1v) is 9.37. The molecule has 1 aromatic carbocycles. The van der Waals surface area contributed by atoms with Crippen molar-refractivity contribution < 1.29 is 9.53 Å². The van der Waals surface area contributed by atoms with Gasteiger partial charge in [-0.1, -0.05) is 23.4 Å². The number of esters is 1. The van der Waals surface area contributed by atoms with Crippen LogP contribution in [0.4, 0.5) is 0 Å². The maximum absolute atomic E-state index is 12.6. The number of thiazole rings is 1. The number of nitrogens with zero attached hydrogens (tertiary/aromatic N) is 2. The summed E-state index contributed by atoms with van der Waals surface area (Å²) in [5, 5.41) is 0.645. The molecule has 24 heavy (non-hydrogen) atoms. The summed E-state index contributed by atoms with van der Waals surface area (Å²) in [4.78, 5) is 21.3. The predicted molar refractivity (Wildman–Crippen MR) is 98.7 cm³/mol. The number of carbonyl (C=O) groups excluding carboxylic acids is 1. The summed E-state index contributed by atoms with van der Waals surface area (Å²) < 4.78 is 6.23. The summed E-state index contributed by atoms with van der Waals surface area (Å²) in [5.74, 6) is -0.293. The fourth-order valence-corrected chi connectivity index (χ4v) is 4.92. The van der Waals surface area contributed by atoms with Gasteiger partial charge in [0.25, 0.3) is 0 Å². The van der Waals surface area contributed by atoms with Crippen LogP contribution in [-0.2, 0) is 14.3 Å². The Balaban J connectivity index is 2.00. The Kier molecular flexibility index (Phi) is 5.08. The van der Waals surface area contributed by atoms with E-state index >= 15 is 0 Å². The van der Waals surface area contributed by atoms with E-state index in [2.05, 4.69) is 9.97 Å². The third-order valence-corrected chi connectivity index (χ3v) is 6.16. The number of fused-ring (bicyclic) bond motifs is 1. The largest absolute Gasteiger partial charge is 0.465 e. The van der Waals surface area contributed by atoms with Crippen LogP contribution in [0.1, 0.15) is 19.4 Å². The minimum Gasteiger partial charge on any atom is -0.465 e. The summed E-state index contributed by atoms with van der Waals surface area (Å²) in [6, 6.07) is 9.26. The minimum atomic E-state index is -0.892. The highest BCUT2D eigenvalue weighted by molar-refractivity contribution is 8.02. The zero-order valence-corrected chi connectivity index (χ0v) is 15.5. The van der Waals surface area contributed by atoms with Gasteiger partial charge in [0.05, 0.1) is 16.8 Å². The molecule has 0 fully saturated rings. The van der Waals surface area contributed by atoms with E-state index in [1.165, 1.54) is 23.1 Å². The Bertz CT molecular complexity index is 869. The molecule has 0 aliphatic heterocycles. The average Bonchev–Trinajstić information content (AvgIpc) is 2.96. The van der Waals surface area contributed by atoms with E-state index < -0.39 is 4.75 Å². The Morgan fingerprint density at radius 3 is 2.79 bits per heavy atom. The molecule has 124 valence electrons. The molecule has 4 nitrogen and oxygen atoms in total. The van der Waals surface area contributed by atoms with E-state index in [1.807, 2.05) is 37.3 Å². The normalized spacial score (nSPS) is 13.6. The van der Waals surface area contributed by atoms with Crippen LogP contribution < -0.4 is 0 Å². The van der Waals surface area contributed by atoms with Gasteiger partial charge in [-0.2, -0.15) is 0 Å². The SMILES string of the molecule is CCOC(=O)C(C)(Sc1nc2cc(Cl)ccc2s1)c1ccncc1. The second kappa shape index (κ2) is 7.09. The molecule has 3 aromatic rings. The van der Waals surface area contributed by atoms with Crippen LogP contribution in [0.3, 0.4) is 0 Å². The first-order valence-electron chi connectivity index (χ1n) is 7.36. The Morgan fingerprint density at radius 2 is 2.08 bits per heavy atom. The second-order valence-electron chi connectivity index (χ2n) is 5.18. The molecule has 1 unspecified atom stereocenters. The van der Waals surface area contributed by atoms with Crippen molar-refractivity contribution in [3.63, 3.8) is 0 Å². The van der Waals surface area contributed by atoms with Gasteiger partial charge in [-0.25, -0.2) is 4.98 Å². The quantitative estimate of drug-likeness (QED) is 0.466. The van der Waals surface area contributed by atoms with Gasteiger partial charge < -0.3 is 4.74 Å². The smallest absolute Gasteiger partial charge is 0.326 e. The van der Waals surface area contributed by atoms with Crippen molar-refractivity contribution in [3.05, 3.63) is 53.3 Å². The second-order valence-corrected chi connectivity index (χ2v) is 8.32. The molecule has 0 bridgehead atoms. The van der Waals surface area contributed by atoms with Crippen LogP contribution in [0, 0.1) is 0 Å². The fourth-order valence-electron chi connectivity index (χ4n) is 2.25. The van der Waals surface area contributed by atoms with Crippen molar-refractivity contribution >= 4 is 50.9 Å². The molecular formula is C17H15ClN2O2S2. The fraction of sp³-hybridized carbons (Fsp3) is 0.235. The highest BCUT2D eigenvalue weighted by Gasteiger charge is 2.39. The van der Waals surface area contributed by atoms with E-state index in [4.69, 9.17) is 16.3 Å². The van der Waals surface area contributed by atoms with Crippen LogP contribution in [0.2, 0.25) is 5.02 Å². The average molecular weight is 379 g/mol. The zero-order valence-electron chi connectivity index (χ0n) is 13.2. The lowest BCUT2D eigenvalue weighted by molar-refractivity contribution is -0.145. The molecule has 2 aromatic heterocycles. The molecular weight excluding hydrogens is 364 g/mol. The molecule has 0 saturated heterocycles. The van der Waals surface area contributed by atoms with Crippen LogP contribution in [0.25, 0.3) is 10.2 Å². The number of pyridine rings is 1. The van der Waals surface area contributed by atoms with Crippen LogP contribution in [0.15, 0.2) is 47.1 Å². The molecule has 3 rings (SSSR count). The summed E-state index contributed by atoms with van der Waals surface area (Å²) in [5.41, 5.74) is 1.66. The number of halogens is 1. The van der Waals surface area contributed by atoms with Gasteiger partial charge in [0.15, 0.2) is 4.34 Å². The molecule has 0 saturated carbocycles. The lowest BCUT2D eigenvalue weighted by atomic mass is 10.0. The number of ether oxygens (including phenoxy) is 1. The standard InChI is InChI=1S/C17H15ClN2O2S2/c1-3-22-15(21)17(2,11-6-8-19-9-7-11)24-16-20-13-10-12(18)4-5-14(13)23-16/h4-10H,3H2,1-2H3. The van der Waals surface area contributed by atoms with Crippen LogP contribution in [0.5, 0.6) is 0 Å². The van der Waals surface area contributed by atoms with Crippen molar-refractivity contribution in [2.24, 2.45) is 0 Å². The van der Waals surface area contributed by atoms with Gasteiger partial charge in [-0.15, -0.1) is 11.3 Å². The van der Waals surface area contributed by atoms with E-state index in [-0.39, 0.29) is 5.97 Å². The van der Waals surface area contributed by atoms with Gasteiger partial charge in [-0.05, 0) is 49.7 Å². The van der Waals surface area contributed by atoms with E-state index in [0.717, 1.165) is 20.1 Å². The maximum atomic E-state index is 12.6. The minimum absolute atomic E-state index is 0.293. The molecule has 0 N–H and O–H groups in total. The third kappa shape index (κ3) is 3.41. The van der Waals surface area contributed by atoms with Crippen molar-refractivity contribution in [2.75, 3.05) is 6.61 Å². The predicted octanol–water partition coefficient (Wildman–Crippen LogP) is 4.92. The molecule has 7 heteroatoms. The molecule has 1 atom stereocenters. The van der Waals surface area contributed by atoms with Crippen molar-refractivity contribution in [2.45, 2.75) is 22.9 Å². The Labute approximate surface area is 153 Å². The number of benzene rings is 1. The number of carbonyl (C=O) groups is 1. The molecule has 0 aliphatic carbocycles. The lowest BCUT2D eigenvalue weighted by Gasteiger charge is -2.25. The van der Waals surface area contributed by atoms with Crippen molar-refractivity contribution in [3.8, 4) is 0 Å². The van der Waals surface area contributed by atoms with Crippen molar-refractivity contribution in [1.82, 2.24) is 9.97 Å². The number of hydrogen-bond donors (Lipinski definition) is 0. The van der Waals surface area contributed by atoms with Gasteiger partial charge in [0.1, 0.15) is 4.75 Å². The number of thioether (sulfide) groups is 1. The summed E-state index contributed by atoms with van der Waals surface area (Å²) in [6.07, 6.45) is 3.34. The maximum Gasteiger partial charge on any atom is 0.326 e. The monoisotopic (exact) mass is 378 g/mol. The first-order chi connectivity index (χ1) is 11.5. The van der Waals surface area contributed by atoms with E-state index in [0.29, 0.717) is 11.6 Å². The highest BCUT2D eigenvalue weighted by Crippen LogP contribution is 2.44. The number of rotatable bonds is 5. The van der Waals surface area contributed by atoms with E-state index in [9.17, 15) is 4.79 Å².